The Morgan fingerprint density at radius 3 is 2.63 bits per heavy atom. The number of carbonyl (C=O) groups is 1. The Morgan fingerprint density at radius 1 is 1.15 bits per heavy atom. The molecule has 0 spiro atoms. The number of hydrogen-bond acceptors (Lipinski definition) is 4. The van der Waals surface area contributed by atoms with Gasteiger partial charge in [0.1, 0.15) is 24.8 Å². The highest BCUT2D eigenvalue weighted by atomic mass is 16.5. The molecule has 6 nitrogen and oxygen atoms in total. The van der Waals surface area contributed by atoms with Gasteiger partial charge in [-0.15, -0.1) is 0 Å². The number of methoxy groups -OCH3 is 1. The fourth-order valence-electron chi connectivity index (χ4n) is 3.14. The maximum absolute atomic E-state index is 11.7. The van der Waals surface area contributed by atoms with Gasteiger partial charge in [-0.05, 0) is 49.2 Å². The van der Waals surface area contributed by atoms with Crippen molar-refractivity contribution in [3.05, 3.63) is 59.4 Å². The van der Waals surface area contributed by atoms with E-state index in [-0.39, 0.29) is 12.5 Å². The molecular formula is C21H25N3O3. The number of amides is 1. The van der Waals surface area contributed by atoms with Crippen molar-refractivity contribution in [1.82, 2.24) is 14.9 Å². The zero-order chi connectivity index (χ0) is 19.2. The molecule has 2 aromatic carbocycles. The number of aryl methyl sites for hydroxylation is 2. The van der Waals surface area contributed by atoms with Gasteiger partial charge in [0.05, 0.1) is 24.1 Å². The van der Waals surface area contributed by atoms with Crippen LogP contribution in [0.15, 0.2) is 42.5 Å². The highest BCUT2D eigenvalue weighted by molar-refractivity contribution is 5.78. The van der Waals surface area contributed by atoms with Crippen LogP contribution < -0.4 is 10.1 Å². The molecule has 1 aromatic heterocycles. The van der Waals surface area contributed by atoms with Gasteiger partial charge in [-0.3, -0.25) is 4.79 Å². The molecule has 0 saturated heterocycles. The molecule has 0 aliphatic heterocycles. The molecule has 0 aliphatic carbocycles. The van der Waals surface area contributed by atoms with Gasteiger partial charge in [-0.1, -0.05) is 18.2 Å². The fourth-order valence-corrected chi connectivity index (χ4v) is 3.14. The molecule has 0 aliphatic rings. The van der Waals surface area contributed by atoms with Crippen molar-refractivity contribution in [2.45, 2.75) is 26.9 Å². The second-order valence-corrected chi connectivity index (χ2v) is 6.55. The standard InChI is InChI=1S/C21H25N3O3/c1-15-10-16(2)12-17(11-15)27-9-8-24-19-7-5-4-6-18(19)23-20(24)13-22-21(25)14-26-3/h4-7,10-12H,8-9,13-14H2,1-3H3,(H,22,25). The third-order valence-electron chi connectivity index (χ3n) is 4.23. The number of nitrogens with one attached hydrogen (secondary N) is 1. The summed E-state index contributed by atoms with van der Waals surface area (Å²) < 4.78 is 12.9. The molecule has 1 N–H and O–H groups in total. The largest absolute Gasteiger partial charge is 0.492 e. The summed E-state index contributed by atoms with van der Waals surface area (Å²) >= 11 is 0. The normalized spacial score (nSPS) is 10.9. The van der Waals surface area contributed by atoms with E-state index in [9.17, 15) is 4.79 Å². The molecule has 142 valence electrons. The van der Waals surface area contributed by atoms with Gasteiger partial charge in [-0.2, -0.15) is 0 Å². The van der Waals surface area contributed by atoms with E-state index in [1.807, 2.05) is 36.4 Å². The number of ether oxygens (including phenoxy) is 2. The zero-order valence-electron chi connectivity index (χ0n) is 16.0. The molecule has 0 saturated carbocycles. The summed E-state index contributed by atoms with van der Waals surface area (Å²) in [4.78, 5) is 16.4. The fraction of sp³-hybridized carbons (Fsp3) is 0.333. The summed E-state index contributed by atoms with van der Waals surface area (Å²) in [6, 6.07) is 14.1. The van der Waals surface area contributed by atoms with Gasteiger partial charge in [0.15, 0.2) is 0 Å². The molecule has 3 rings (SSSR count). The summed E-state index contributed by atoms with van der Waals surface area (Å²) in [5.41, 5.74) is 4.29. The van der Waals surface area contributed by atoms with Gasteiger partial charge in [0.2, 0.25) is 5.91 Å². The van der Waals surface area contributed by atoms with Crippen molar-refractivity contribution in [3.63, 3.8) is 0 Å². The van der Waals surface area contributed by atoms with Gasteiger partial charge < -0.3 is 19.4 Å². The number of fused-ring (bicyclic) bond motifs is 1. The number of rotatable bonds is 8. The lowest BCUT2D eigenvalue weighted by Gasteiger charge is -2.12. The highest BCUT2D eigenvalue weighted by Crippen LogP contribution is 2.18. The summed E-state index contributed by atoms with van der Waals surface area (Å²) in [6.45, 7) is 5.66. The van der Waals surface area contributed by atoms with E-state index in [0.717, 1.165) is 22.6 Å². The van der Waals surface area contributed by atoms with Crippen molar-refractivity contribution in [2.75, 3.05) is 20.3 Å². The Kier molecular flexibility index (Phi) is 6.08. The predicted octanol–water partition coefficient (Wildman–Crippen LogP) is 2.99. The van der Waals surface area contributed by atoms with Crippen LogP contribution in [0, 0.1) is 13.8 Å². The number of carbonyl (C=O) groups excluding carboxylic acids is 1. The van der Waals surface area contributed by atoms with E-state index < -0.39 is 0 Å². The molecule has 0 bridgehead atoms. The Hall–Kier alpha value is -2.86. The molecule has 0 fully saturated rings. The van der Waals surface area contributed by atoms with E-state index in [2.05, 4.69) is 34.8 Å². The molecule has 3 aromatic rings. The molecule has 1 heterocycles. The van der Waals surface area contributed by atoms with Crippen molar-refractivity contribution >= 4 is 16.9 Å². The number of para-hydroxylation sites is 2. The van der Waals surface area contributed by atoms with Crippen LogP contribution in [0.5, 0.6) is 5.75 Å². The smallest absolute Gasteiger partial charge is 0.246 e. The SMILES string of the molecule is COCC(=O)NCc1nc2ccccc2n1CCOc1cc(C)cc(C)c1. The number of benzene rings is 2. The Morgan fingerprint density at radius 2 is 1.89 bits per heavy atom. The number of imidazole rings is 1. The lowest BCUT2D eigenvalue weighted by molar-refractivity contribution is -0.124. The monoisotopic (exact) mass is 367 g/mol. The minimum absolute atomic E-state index is 0.0377. The topological polar surface area (TPSA) is 65.4 Å². The van der Waals surface area contributed by atoms with Crippen LogP contribution in [0.3, 0.4) is 0 Å². The average Bonchev–Trinajstić information content (AvgIpc) is 2.97. The first-order chi connectivity index (χ1) is 13.1. The van der Waals surface area contributed by atoms with Crippen LogP contribution in [0.25, 0.3) is 11.0 Å². The summed E-state index contributed by atoms with van der Waals surface area (Å²) in [5, 5.41) is 2.84. The minimum Gasteiger partial charge on any atom is -0.492 e. The summed E-state index contributed by atoms with van der Waals surface area (Å²) in [5.74, 6) is 1.50. The second kappa shape index (κ2) is 8.68. The molecule has 1 amide bonds. The van der Waals surface area contributed by atoms with E-state index in [1.165, 1.54) is 18.2 Å². The molecule has 0 atom stereocenters. The summed E-state index contributed by atoms with van der Waals surface area (Å²) in [7, 11) is 1.50. The molecule has 6 heteroatoms. The quantitative estimate of drug-likeness (QED) is 0.665. The van der Waals surface area contributed by atoms with Crippen LogP contribution in [0.2, 0.25) is 0 Å². The van der Waals surface area contributed by atoms with Crippen molar-refractivity contribution in [3.8, 4) is 5.75 Å². The Labute approximate surface area is 159 Å². The lowest BCUT2D eigenvalue weighted by atomic mass is 10.1. The third-order valence-corrected chi connectivity index (χ3v) is 4.23. The van der Waals surface area contributed by atoms with Crippen molar-refractivity contribution < 1.29 is 14.3 Å². The second-order valence-electron chi connectivity index (χ2n) is 6.55. The van der Waals surface area contributed by atoms with Crippen LogP contribution in [0.4, 0.5) is 0 Å². The third kappa shape index (κ3) is 4.86. The van der Waals surface area contributed by atoms with Gasteiger partial charge in [-0.25, -0.2) is 4.98 Å². The first kappa shape index (κ1) is 18.9. The zero-order valence-corrected chi connectivity index (χ0v) is 16.0. The van der Waals surface area contributed by atoms with Gasteiger partial charge in [0.25, 0.3) is 0 Å². The van der Waals surface area contributed by atoms with Crippen LogP contribution in [-0.2, 0) is 22.6 Å². The molecule has 0 radical (unpaired) electrons. The van der Waals surface area contributed by atoms with E-state index >= 15 is 0 Å². The van der Waals surface area contributed by atoms with Crippen molar-refractivity contribution in [1.29, 1.82) is 0 Å². The lowest BCUT2D eigenvalue weighted by Crippen LogP contribution is -2.28. The van der Waals surface area contributed by atoms with E-state index in [0.29, 0.717) is 19.7 Å². The maximum atomic E-state index is 11.7. The first-order valence-corrected chi connectivity index (χ1v) is 8.97. The Balaban J connectivity index is 1.73. The maximum Gasteiger partial charge on any atom is 0.246 e. The van der Waals surface area contributed by atoms with Gasteiger partial charge in [0, 0.05) is 7.11 Å². The van der Waals surface area contributed by atoms with Crippen LogP contribution in [0.1, 0.15) is 17.0 Å². The molecule has 0 unspecified atom stereocenters. The molecular weight excluding hydrogens is 342 g/mol. The number of aromatic nitrogens is 2. The minimum atomic E-state index is -0.164. The number of nitrogens with zero attached hydrogens (tertiary/aromatic N) is 2. The first-order valence-electron chi connectivity index (χ1n) is 8.97. The van der Waals surface area contributed by atoms with Crippen molar-refractivity contribution in [2.24, 2.45) is 0 Å². The van der Waals surface area contributed by atoms with Crippen LogP contribution >= 0.6 is 0 Å². The van der Waals surface area contributed by atoms with Crippen LogP contribution in [-0.4, -0.2) is 35.8 Å². The number of hydrogen-bond donors (Lipinski definition) is 1. The summed E-state index contributed by atoms with van der Waals surface area (Å²) in [6.07, 6.45) is 0. The molecule has 27 heavy (non-hydrogen) atoms. The van der Waals surface area contributed by atoms with Gasteiger partial charge >= 0.3 is 0 Å². The average molecular weight is 367 g/mol. The Bertz CT molecular complexity index is 913. The predicted molar refractivity (Wildman–Crippen MR) is 105 cm³/mol. The highest BCUT2D eigenvalue weighted by Gasteiger charge is 2.11. The van der Waals surface area contributed by atoms with E-state index in [1.54, 1.807) is 0 Å². The van der Waals surface area contributed by atoms with E-state index in [4.69, 9.17) is 9.47 Å².